The van der Waals surface area contributed by atoms with Crippen molar-refractivity contribution in [2.75, 3.05) is 43.3 Å². The summed E-state index contributed by atoms with van der Waals surface area (Å²) in [6.07, 6.45) is 3.70. The van der Waals surface area contributed by atoms with Gasteiger partial charge in [0.2, 0.25) is 17.8 Å². The van der Waals surface area contributed by atoms with Gasteiger partial charge in [0.15, 0.2) is 0 Å². The van der Waals surface area contributed by atoms with Gasteiger partial charge in [0.1, 0.15) is 5.82 Å². The van der Waals surface area contributed by atoms with Crippen molar-refractivity contribution in [3.05, 3.63) is 18.2 Å². The summed E-state index contributed by atoms with van der Waals surface area (Å²) in [6.45, 7) is 0.629. The zero-order valence-electron chi connectivity index (χ0n) is 12.5. The van der Waals surface area contributed by atoms with Gasteiger partial charge < -0.3 is 19.7 Å². The first kappa shape index (κ1) is 14.0. The molecule has 2 aromatic heterocycles. The Hall–Kier alpha value is -2.38. The molecule has 1 N–H and O–H groups in total. The molecule has 0 atom stereocenters. The average Bonchev–Trinajstić information content (AvgIpc) is 2.83. The third kappa shape index (κ3) is 2.95. The van der Waals surface area contributed by atoms with Gasteiger partial charge in [0.25, 0.3) is 0 Å². The minimum atomic E-state index is 0.547. The van der Waals surface area contributed by atoms with Gasteiger partial charge in [-0.25, -0.2) is 4.98 Å². The van der Waals surface area contributed by atoms with E-state index in [1.807, 2.05) is 48.8 Å². The van der Waals surface area contributed by atoms with Crippen LogP contribution in [0.25, 0.3) is 0 Å². The van der Waals surface area contributed by atoms with Crippen molar-refractivity contribution in [2.24, 2.45) is 7.05 Å². The zero-order valence-corrected chi connectivity index (χ0v) is 12.5. The van der Waals surface area contributed by atoms with E-state index in [1.165, 1.54) is 0 Å². The Balaban J connectivity index is 2.26. The quantitative estimate of drug-likeness (QED) is 0.844. The van der Waals surface area contributed by atoms with Crippen LogP contribution in [0.5, 0.6) is 0 Å². The minimum Gasteiger partial charge on any atom is -0.357 e. The molecule has 2 rings (SSSR count). The first-order valence-corrected chi connectivity index (χ1v) is 6.29. The molecule has 0 aliphatic heterocycles. The molecule has 0 unspecified atom stereocenters. The lowest BCUT2D eigenvalue weighted by Gasteiger charge is -2.19. The molecule has 20 heavy (non-hydrogen) atoms. The molecule has 0 amide bonds. The van der Waals surface area contributed by atoms with E-state index < -0.39 is 0 Å². The van der Waals surface area contributed by atoms with E-state index in [-0.39, 0.29) is 0 Å². The number of hydrogen-bond acceptors (Lipinski definition) is 7. The topological polar surface area (TPSA) is 75.0 Å². The van der Waals surface area contributed by atoms with Crippen molar-refractivity contribution < 1.29 is 0 Å². The Labute approximate surface area is 118 Å². The fourth-order valence-electron chi connectivity index (χ4n) is 1.67. The van der Waals surface area contributed by atoms with Crippen LogP contribution < -0.4 is 15.1 Å². The zero-order chi connectivity index (χ0) is 14.7. The summed E-state index contributed by atoms with van der Waals surface area (Å²) in [4.78, 5) is 21.2. The largest absolute Gasteiger partial charge is 0.357 e. The molecule has 8 heteroatoms. The second-order valence-corrected chi connectivity index (χ2v) is 4.71. The van der Waals surface area contributed by atoms with Crippen molar-refractivity contribution in [2.45, 2.75) is 6.54 Å². The molecule has 0 radical (unpaired) electrons. The molecule has 0 fully saturated rings. The number of rotatable bonds is 5. The van der Waals surface area contributed by atoms with Gasteiger partial charge in [-0.05, 0) is 0 Å². The highest BCUT2D eigenvalue weighted by Gasteiger charge is 2.12. The third-order valence-electron chi connectivity index (χ3n) is 2.88. The molecular formula is C12H20N8. The summed E-state index contributed by atoms with van der Waals surface area (Å²) in [6, 6.07) is 0. The summed E-state index contributed by atoms with van der Waals surface area (Å²) in [7, 11) is 9.49. The van der Waals surface area contributed by atoms with Gasteiger partial charge >= 0.3 is 0 Å². The van der Waals surface area contributed by atoms with E-state index in [1.54, 1.807) is 13.2 Å². The second kappa shape index (κ2) is 5.72. The first-order valence-electron chi connectivity index (χ1n) is 6.29. The molecule has 2 aromatic rings. The van der Waals surface area contributed by atoms with Crippen LogP contribution in [0, 0.1) is 0 Å². The van der Waals surface area contributed by atoms with Crippen LogP contribution in [-0.4, -0.2) is 52.7 Å². The van der Waals surface area contributed by atoms with Crippen LogP contribution in [0.15, 0.2) is 12.4 Å². The maximum Gasteiger partial charge on any atom is 0.232 e. The fraction of sp³-hybridized carbons (Fsp3) is 0.500. The van der Waals surface area contributed by atoms with Crippen molar-refractivity contribution in [3.8, 4) is 0 Å². The Morgan fingerprint density at radius 3 is 2.40 bits per heavy atom. The number of nitrogens with zero attached hydrogens (tertiary/aromatic N) is 7. The van der Waals surface area contributed by atoms with Crippen LogP contribution in [0.2, 0.25) is 0 Å². The van der Waals surface area contributed by atoms with Gasteiger partial charge in [0.05, 0.1) is 6.54 Å². The van der Waals surface area contributed by atoms with Crippen LogP contribution in [0.4, 0.5) is 17.8 Å². The predicted molar refractivity (Wildman–Crippen MR) is 79.0 cm³/mol. The molecular weight excluding hydrogens is 256 g/mol. The van der Waals surface area contributed by atoms with Crippen molar-refractivity contribution in [1.29, 1.82) is 0 Å². The Bertz CT molecular complexity index is 577. The first-order chi connectivity index (χ1) is 9.51. The highest BCUT2D eigenvalue weighted by atomic mass is 15.3. The summed E-state index contributed by atoms with van der Waals surface area (Å²) in [5.74, 6) is 2.72. The van der Waals surface area contributed by atoms with E-state index in [0.717, 1.165) is 5.82 Å². The lowest BCUT2D eigenvalue weighted by atomic mass is 10.5. The van der Waals surface area contributed by atoms with Crippen LogP contribution >= 0.6 is 0 Å². The van der Waals surface area contributed by atoms with Gasteiger partial charge in [-0.3, -0.25) is 0 Å². The van der Waals surface area contributed by atoms with Gasteiger partial charge in [0, 0.05) is 47.6 Å². The standard InChI is InChI=1S/C12H20N8/c1-13-10-15-11(18(2)3)17-12(16-10)20(5)8-9-14-6-7-19(9)4/h6-7H,8H2,1-5H3,(H,13,15,16,17). The normalized spacial score (nSPS) is 10.4. The van der Waals surface area contributed by atoms with Gasteiger partial charge in [-0.15, -0.1) is 0 Å². The maximum absolute atomic E-state index is 4.44. The minimum absolute atomic E-state index is 0.547. The highest BCUT2D eigenvalue weighted by molar-refractivity contribution is 5.43. The van der Waals surface area contributed by atoms with Crippen LogP contribution in [0.3, 0.4) is 0 Å². The lowest BCUT2D eigenvalue weighted by molar-refractivity contribution is 0.743. The number of aromatic nitrogens is 5. The Kier molecular flexibility index (Phi) is 4.02. The highest BCUT2D eigenvalue weighted by Crippen LogP contribution is 2.15. The number of hydrogen-bond donors (Lipinski definition) is 1. The molecule has 0 saturated heterocycles. The van der Waals surface area contributed by atoms with E-state index in [2.05, 4.69) is 25.3 Å². The van der Waals surface area contributed by atoms with Crippen molar-refractivity contribution in [3.63, 3.8) is 0 Å². The number of anilines is 3. The predicted octanol–water partition coefficient (Wildman–Crippen LogP) is 0.349. The van der Waals surface area contributed by atoms with Crippen molar-refractivity contribution >= 4 is 17.8 Å². The van der Waals surface area contributed by atoms with E-state index in [0.29, 0.717) is 24.4 Å². The summed E-state index contributed by atoms with van der Waals surface area (Å²) in [5.41, 5.74) is 0. The molecule has 0 bridgehead atoms. The van der Waals surface area contributed by atoms with Crippen LogP contribution in [0.1, 0.15) is 5.82 Å². The molecule has 0 aliphatic rings. The Morgan fingerprint density at radius 2 is 1.85 bits per heavy atom. The van der Waals surface area contributed by atoms with E-state index in [9.17, 15) is 0 Å². The lowest BCUT2D eigenvalue weighted by Crippen LogP contribution is -2.24. The molecule has 0 aliphatic carbocycles. The number of aryl methyl sites for hydroxylation is 1. The fourth-order valence-corrected chi connectivity index (χ4v) is 1.67. The summed E-state index contributed by atoms with van der Waals surface area (Å²) >= 11 is 0. The average molecular weight is 276 g/mol. The molecule has 0 aromatic carbocycles. The maximum atomic E-state index is 4.44. The van der Waals surface area contributed by atoms with Gasteiger partial charge in [-0.1, -0.05) is 0 Å². The van der Waals surface area contributed by atoms with Gasteiger partial charge in [-0.2, -0.15) is 15.0 Å². The SMILES string of the molecule is CNc1nc(N(C)C)nc(N(C)Cc2nccn2C)n1. The summed E-state index contributed by atoms with van der Waals surface area (Å²) in [5, 5.41) is 2.95. The molecule has 2 heterocycles. The third-order valence-corrected chi connectivity index (χ3v) is 2.88. The molecule has 0 spiro atoms. The molecule has 8 nitrogen and oxygen atoms in total. The van der Waals surface area contributed by atoms with E-state index >= 15 is 0 Å². The second-order valence-electron chi connectivity index (χ2n) is 4.71. The smallest absolute Gasteiger partial charge is 0.232 e. The molecule has 108 valence electrons. The monoisotopic (exact) mass is 276 g/mol. The number of imidazole rings is 1. The van der Waals surface area contributed by atoms with E-state index in [4.69, 9.17) is 0 Å². The van der Waals surface area contributed by atoms with Crippen LogP contribution in [-0.2, 0) is 13.6 Å². The molecule has 0 saturated carbocycles. The number of nitrogens with one attached hydrogen (secondary N) is 1. The Morgan fingerprint density at radius 1 is 1.15 bits per heavy atom. The van der Waals surface area contributed by atoms with Crippen molar-refractivity contribution in [1.82, 2.24) is 24.5 Å². The summed E-state index contributed by atoms with van der Waals surface area (Å²) < 4.78 is 1.98.